The van der Waals surface area contributed by atoms with Gasteiger partial charge in [-0.1, -0.05) is 6.92 Å². The zero-order chi connectivity index (χ0) is 18.7. The van der Waals surface area contributed by atoms with Gasteiger partial charge in [0.05, 0.1) is 25.4 Å². The molecule has 1 fully saturated rings. The first-order valence-corrected chi connectivity index (χ1v) is 7.33. The van der Waals surface area contributed by atoms with Gasteiger partial charge in [0, 0.05) is 5.92 Å². The smallest absolute Gasteiger partial charge is 0.375 e. The number of hydrogen-bond acceptors (Lipinski definition) is 7. The lowest BCUT2D eigenvalue weighted by atomic mass is 9.82. The number of aliphatic hydroxyl groups is 3. The molecule has 1 heterocycles. The van der Waals surface area contributed by atoms with E-state index in [1.165, 1.54) is 13.8 Å². The van der Waals surface area contributed by atoms with Crippen molar-refractivity contribution in [2.45, 2.75) is 50.2 Å². The van der Waals surface area contributed by atoms with Crippen molar-refractivity contribution in [3.63, 3.8) is 0 Å². The summed E-state index contributed by atoms with van der Waals surface area (Å²) in [6.45, 7) is 1.62. The molecule has 24 heavy (non-hydrogen) atoms. The lowest BCUT2D eigenvalue weighted by molar-refractivity contribution is -0.284. The van der Waals surface area contributed by atoms with Gasteiger partial charge in [-0.05, 0) is 6.92 Å². The Bertz CT molecular complexity index is 479. The van der Waals surface area contributed by atoms with Crippen molar-refractivity contribution in [1.82, 2.24) is 0 Å². The molecule has 7 N–H and O–H groups in total. The van der Waals surface area contributed by atoms with Crippen LogP contribution >= 0.6 is 0 Å². The van der Waals surface area contributed by atoms with Crippen molar-refractivity contribution in [2.75, 3.05) is 13.2 Å². The third kappa shape index (κ3) is 3.91. The quantitative estimate of drug-likeness (QED) is 0.207. The number of guanidine groups is 1. The molecule has 1 saturated heterocycles. The Morgan fingerprint density at radius 3 is 2.50 bits per heavy atom. The highest BCUT2D eigenvalue weighted by atomic mass is 19.2. The fourth-order valence-corrected chi connectivity index (χ4v) is 2.50. The van der Waals surface area contributed by atoms with E-state index in [1.54, 1.807) is 0 Å². The zero-order valence-electron chi connectivity index (χ0n) is 13.3. The number of carbonyl (C=O) groups is 1. The van der Waals surface area contributed by atoms with Gasteiger partial charge in [-0.25, -0.2) is 14.2 Å². The fraction of sp³-hybridized carbons (Fsp3) is 0.846. The Hall–Kier alpha value is -1.56. The van der Waals surface area contributed by atoms with E-state index in [0.29, 0.717) is 0 Å². The molecule has 0 aromatic carbocycles. The van der Waals surface area contributed by atoms with Gasteiger partial charge >= 0.3 is 11.8 Å². The summed E-state index contributed by atoms with van der Waals surface area (Å²) < 4.78 is 38.8. The molecule has 0 aromatic heterocycles. The van der Waals surface area contributed by atoms with Gasteiger partial charge in [0.1, 0.15) is 12.2 Å². The summed E-state index contributed by atoms with van der Waals surface area (Å²) in [6.07, 6.45) is -7.72. The van der Waals surface area contributed by atoms with Crippen molar-refractivity contribution in [2.24, 2.45) is 22.4 Å². The Balaban J connectivity index is 3.27. The number of alkyl halides is 2. The maximum Gasteiger partial charge on any atom is 0.375 e. The molecule has 0 bridgehead atoms. The highest BCUT2D eigenvalue weighted by molar-refractivity contribution is 5.79. The highest BCUT2D eigenvalue weighted by Gasteiger charge is 2.62. The predicted octanol–water partition coefficient (Wildman–Crippen LogP) is -2.06. The average Bonchev–Trinajstić information content (AvgIpc) is 2.53. The van der Waals surface area contributed by atoms with Crippen molar-refractivity contribution in [3.05, 3.63) is 0 Å². The van der Waals surface area contributed by atoms with Crippen molar-refractivity contribution in [1.29, 1.82) is 0 Å². The van der Waals surface area contributed by atoms with Gasteiger partial charge in [-0.2, -0.15) is 4.39 Å². The van der Waals surface area contributed by atoms with Crippen molar-refractivity contribution >= 4 is 11.9 Å². The summed E-state index contributed by atoms with van der Waals surface area (Å²) >= 11 is 0. The van der Waals surface area contributed by atoms with E-state index < -0.39 is 60.8 Å². The molecule has 7 atom stereocenters. The van der Waals surface area contributed by atoms with E-state index in [1.807, 2.05) is 0 Å². The van der Waals surface area contributed by atoms with Crippen LogP contribution in [0.25, 0.3) is 0 Å². The molecular weight excluding hydrogens is 332 g/mol. The molecule has 1 aliphatic rings. The number of carbonyl (C=O) groups excluding carboxylic acids is 1. The second kappa shape index (κ2) is 8.01. The number of hydrogen-bond donors (Lipinski definition) is 5. The second-order valence-electron chi connectivity index (χ2n) is 5.49. The third-order valence-corrected chi connectivity index (χ3v) is 3.79. The van der Waals surface area contributed by atoms with Gasteiger partial charge < -0.3 is 36.3 Å². The molecule has 2 unspecified atom stereocenters. The van der Waals surface area contributed by atoms with E-state index in [0.717, 1.165) is 0 Å². The summed E-state index contributed by atoms with van der Waals surface area (Å²) in [6, 6.07) is -1.58. The molecule has 0 amide bonds. The number of nitrogens with zero attached hydrogens (tertiary/aromatic N) is 1. The normalized spacial score (nSPS) is 35.8. The molecule has 1 aliphatic heterocycles. The van der Waals surface area contributed by atoms with E-state index in [4.69, 9.17) is 21.3 Å². The standard InChI is InChI=1S/C13H23F2N3O6/c1-3-23-11(22)13(15)10(14)7(18-12(16)17)5(2)9(24-13)8(21)6(20)4-19/h5-10,19-21H,3-4H2,1-2H3,(H4,16,17,18)/t5-,6-,7+,8-,9?,10?,13-/m1/s1. The van der Waals surface area contributed by atoms with Gasteiger partial charge in [-0.15, -0.1) is 0 Å². The van der Waals surface area contributed by atoms with E-state index in [2.05, 4.69) is 9.73 Å². The predicted molar refractivity (Wildman–Crippen MR) is 78.1 cm³/mol. The summed E-state index contributed by atoms with van der Waals surface area (Å²) in [7, 11) is 0. The van der Waals surface area contributed by atoms with Gasteiger partial charge in [0.25, 0.3) is 0 Å². The first-order valence-electron chi connectivity index (χ1n) is 7.33. The van der Waals surface area contributed by atoms with Crippen molar-refractivity contribution in [3.8, 4) is 0 Å². The Kier molecular flexibility index (Phi) is 6.84. The van der Waals surface area contributed by atoms with Gasteiger partial charge in [-0.3, -0.25) is 0 Å². The summed E-state index contributed by atoms with van der Waals surface area (Å²) in [5, 5.41) is 28.5. The fourth-order valence-electron chi connectivity index (χ4n) is 2.50. The first kappa shape index (κ1) is 20.5. The lowest BCUT2D eigenvalue weighted by Gasteiger charge is -2.45. The molecule has 11 heteroatoms. The number of nitrogens with two attached hydrogens (primary N) is 2. The monoisotopic (exact) mass is 355 g/mol. The number of halogens is 2. The number of aliphatic hydroxyl groups excluding tert-OH is 3. The number of ether oxygens (including phenoxy) is 2. The minimum atomic E-state index is -3.58. The Morgan fingerprint density at radius 1 is 1.46 bits per heavy atom. The van der Waals surface area contributed by atoms with Crippen LogP contribution in [0.3, 0.4) is 0 Å². The maximum atomic E-state index is 14.9. The van der Waals surface area contributed by atoms with Crippen LogP contribution in [0.2, 0.25) is 0 Å². The van der Waals surface area contributed by atoms with Crippen LogP contribution in [0.4, 0.5) is 8.78 Å². The minimum absolute atomic E-state index is 0.240. The highest BCUT2D eigenvalue weighted by Crippen LogP contribution is 2.40. The molecule has 0 spiro atoms. The second-order valence-corrected chi connectivity index (χ2v) is 5.49. The number of aliphatic imine (C=N–C) groups is 1. The van der Waals surface area contributed by atoms with E-state index >= 15 is 0 Å². The van der Waals surface area contributed by atoms with Crippen LogP contribution in [0, 0.1) is 5.92 Å². The lowest BCUT2D eigenvalue weighted by Crippen LogP contribution is -2.65. The third-order valence-electron chi connectivity index (χ3n) is 3.79. The molecule has 0 radical (unpaired) electrons. The molecule has 9 nitrogen and oxygen atoms in total. The van der Waals surface area contributed by atoms with Crippen molar-refractivity contribution < 1.29 is 38.4 Å². The summed E-state index contributed by atoms with van der Waals surface area (Å²) in [5.74, 6) is -6.81. The molecule has 140 valence electrons. The Labute approximate surface area is 137 Å². The number of esters is 1. The van der Waals surface area contributed by atoms with Gasteiger partial charge in [0.2, 0.25) is 0 Å². The van der Waals surface area contributed by atoms with E-state index in [-0.39, 0.29) is 6.61 Å². The maximum absolute atomic E-state index is 14.9. The summed E-state index contributed by atoms with van der Waals surface area (Å²) in [5.41, 5.74) is 10.4. The van der Waals surface area contributed by atoms with Crippen LogP contribution in [-0.2, 0) is 14.3 Å². The molecular formula is C13H23F2N3O6. The summed E-state index contributed by atoms with van der Waals surface area (Å²) in [4.78, 5) is 15.4. The molecule has 0 aromatic rings. The van der Waals surface area contributed by atoms with Crippen LogP contribution in [0.5, 0.6) is 0 Å². The first-order chi connectivity index (χ1) is 11.1. The minimum Gasteiger partial charge on any atom is -0.462 e. The SMILES string of the molecule is CCOC(=O)[C@]1(F)OC([C@H](O)[C@H](O)CO)[C@H](C)[C@H](N=C(N)N)C1F. The van der Waals surface area contributed by atoms with Gasteiger partial charge in [0.15, 0.2) is 12.1 Å². The average molecular weight is 355 g/mol. The topological polar surface area (TPSA) is 161 Å². The van der Waals surface area contributed by atoms with Crippen LogP contribution < -0.4 is 11.5 Å². The van der Waals surface area contributed by atoms with Crippen LogP contribution in [0.15, 0.2) is 4.99 Å². The number of rotatable bonds is 6. The molecule has 0 aliphatic carbocycles. The molecule has 0 saturated carbocycles. The molecule has 1 rings (SSSR count). The van der Waals surface area contributed by atoms with E-state index in [9.17, 15) is 23.8 Å². The van der Waals surface area contributed by atoms with Crippen LogP contribution in [0.1, 0.15) is 13.8 Å². The van der Waals surface area contributed by atoms with Crippen LogP contribution in [-0.4, -0.2) is 76.8 Å². The zero-order valence-corrected chi connectivity index (χ0v) is 13.3. The largest absolute Gasteiger partial charge is 0.462 e. The Morgan fingerprint density at radius 2 is 2.04 bits per heavy atom.